The van der Waals surface area contributed by atoms with Gasteiger partial charge in [0.15, 0.2) is 0 Å². The lowest BCUT2D eigenvalue weighted by Crippen LogP contribution is -2.35. The highest BCUT2D eigenvalue weighted by atomic mass is 16.5. The number of hydrogen-bond donors (Lipinski definition) is 1. The number of aromatic nitrogens is 1. The predicted octanol–water partition coefficient (Wildman–Crippen LogP) is 2.44. The second-order valence-corrected chi connectivity index (χ2v) is 6.42. The van der Waals surface area contributed by atoms with Crippen LogP contribution in [0.1, 0.15) is 36.6 Å². The van der Waals surface area contributed by atoms with Crippen LogP contribution < -0.4 is 20.8 Å². The highest BCUT2D eigenvalue weighted by Gasteiger charge is 2.38. The van der Waals surface area contributed by atoms with Gasteiger partial charge in [0.2, 0.25) is 5.88 Å². The van der Waals surface area contributed by atoms with E-state index in [0.717, 1.165) is 5.69 Å². The summed E-state index contributed by atoms with van der Waals surface area (Å²) in [5.41, 5.74) is 7.81. The lowest BCUT2D eigenvalue weighted by Gasteiger charge is -2.29. The Hall–Kier alpha value is -3.22. The summed E-state index contributed by atoms with van der Waals surface area (Å²) in [6.07, 6.45) is 0. The number of rotatable bonds is 5. The zero-order chi connectivity index (χ0) is 20.4. The summed E-state index contributed by atoms with van der Waals surface area (Å²) in [5, 5.41) is 0. The number of nitrogens with two attached hydrogens (primary N) is 1. The van der Waals surface area contributed by atoms with E-state index in [1.54, 1.807) is 42.9 Å². The second-order valence-electron chi connectivity index (χ2n) is 6.42. The maximum Gasteiger partial charge on any atom is 0.340 e. The number of methoxy groups -OCH3 is 1. The Morgan fingerprint density at radius 3 is 2.68 bits per heavy atom. The van der Waals surface area contributed by atoms with Crippen LogP contribution in [-0.4, -0.2) is 24.3 Å². The van der Waals surface area contributed by atoms with Gasteiger partial charge < -0.3 is 24.5 Å². The molecule has 0 fully saturated rings. The number of nitrogens with zero attached hydrogens (tertiary/aromatic N) is 1. The molecular formula is C21H24N2O5. The number of carbonyl (C=O) groups excluding carboxylic acids is 1. The minimum atomic E-state index is -0.719. The number of ether oxygens (including phenoxy) is 3. The molecule has 2 aromatic rings. The summed E-state index contributed by atoms with van der Waals surface area (Å²) < 4.78 is 17.9. The van der Waals surface area contributed by atoms with Gasteiger partial charge in [-0.05, 0) is 38.5 Å². The minimum Gasteiger partial charge on any atom is -0.497 e. The fraction of sp³-hybridized carbons (Fsp3) is 0.333. The molecule has 7 heteroatoms. The number of esters is 1. The van der Waals surface area contributed by atoms with Crippen molar-refractivity contribution in [3.63, 3.8) is 0 Å². The fourth-order valence-corrected chi connectivity index (χ4v) is 3.54. The molecular weight excluding hydrogens is 360 g/mol. The van der Waals surface area contributed by atoms with E-state index in [2.05, 4.69) is 0 Å². The smallest absolute Gasteiger partial charge is 0.340 e. The number of benzene rings is 1. The van der Waals surface area contributed by atoms with Crippen molar-refractivity contribution in [2.75, 3.05) is 13.7 Å². The molecule has 0 radical (unpaired) electrons. The van der Waals surface area contributed by atoms with Gasteiger partial charge in [0.1, 0.15) is 17.1 Å². The summed E-state index contributed by atoms with van der Waals surface area (Å²) >= 11 is 0. The first-order valence-corrected chi connectivity index (χ1v) is 9.15. The Bertz CT molecular complexity index is 1010. The first kappa shape index (κ1) is 19.5. The van der Waals surface area contributed by atoms with Crippen LogP contribution in [0.2, 0.25) is 0 Å². The molecule has 1 unspecified atom stereocenters. The van der Waals surface area contributed by atoms with E-state index >= 15 is 0 Å². The molecule has 2 N–H and O–H groups in total. The van der Waals surface area contributed by atoms with Gasteiger partial charge in [-0.25, -0.2) is 4.79 Å². The van der Waals surface area contributed by atoms with Crippen molar-refractivity contribution in [1.82, 2.24) is 4.57 Å². The molecule has 7 nitrogen and oxygen atoms in total. The summed E-state index contributed by atoms with van der Waals surface area (Å²) in [6.45, 7) is 6.11. The summed E-state index contributed by atoms with van der Waals surface area (Å²) in [7, 11) is 1.56. The first-order valence-electron chi connectivity index (χ1n) is 9.15. The Labute approximate surface area is 163 Å². The number of fused-ring (bicyclic) bond motifs is 1. The standard InChI is InChI=1S/C21H24N2O5/c1-5-23-12(3)10-15-17(20(23)24)16(13-8-7-9-14(11-13)26-4)18(19(22)28-15)21(25)27-6-2/h7-11,16H,5-6,22H2,1-4H3. The van der Waals surface area contributed by atoms with Crippen LogP contribution in [0, 0.1) is 6.92 Å². The van der Waals surface area contributed by atoms with Crippen molar-refractivity contribution in [2.24, 2.45) is 5.73 Å². The van der Waals surface area contributed by atoms with Crippen molar-refractivity contribution in [1.29, 1.82) is 0 Å². The molecule has 3 rings (SSSR count). The van der Waals surface area contributed by atoms with E-state index in [-0.39, 0.29) is 23.6 Å². The maximum atomic E-state index is 13.3. The van der Waals surface area contributed by atoms with Crippen LogP contribution in [0.5, 0.6) is 11.5 Å². The molecule has 28 heavy (non-hydrogen) atoms. The zero-order valence-corrected chi connectivity index (χ0v) is 16.4. The summed E-state index contributed by atoms with van der Waals surface area (Å²) in [4.78, 5) is 26.0. The van der Waals surface area contributed by atoms with Crippen molar-refractivity contribution in [2.45, 2.75) is 33.2 Å². The number of hydrogen-bond acceptors (Lipinski definition) is 6. The van der Waals surface area contributed by atoms with Crippen LogP contribution in [0.15, 0.2) is 46.6 Å². The third kappa shape index (κ3) is 3.24. The van der Waals surface area contributed by atoms with E-state index in [9.17, 15) is 9.59 Å². The van der Waals surface area contributed by atoms with E-state index in [1.165, 1.54) is 0 Å². The molecule has 0 amide bonds. The molecule has 1 aromatic carbocycles. The van der Waals surface area contributed by atoms with Gasteiger partial charge >= 0.3 is 5.97 Å². The summed E-state index contributed by atoms with van der Waals surface area (Å²) in [5.74, 6) is -0.432. The van der Waals surface area contributed by atoms with E-state index in [1.807, 2.05) is 19.9 Å². The van der Waals surface area contributed by atoms with Gasteiger partial charge in [0.05, 0.1) is 25.2 Å². The Kier molecular flexibility index (Phi) is 5.44. The van der Waals surface area contributed by atoms with Gasteiger partial charge in [-0.15, -0.1) is 0 Å². The van der Waals surface area contributed by atoms with Crippen LogP contribution in [0.3, 0.4) is 0 Å². The maximum absolute atomic E-state index is 13.3. The molecule has 0 saturated carbocycles. The molecule has 0 saturated heterocycles. The van der Waals surface area contributed by atoms with Gasteiger partial charge in [-0.2, -0.15) is 0 Å². The molecule has 1 atom stereocenters. The van der Waals surface area contributed by atoms with Crippen LogP contribution >= 0.6 is 0 Å². The lowest BCUT2D eigenvalue weighted by atomic mass is 9.83. The van der Waals surface area contributed by atoms with E-state index in [4.69, 9.17) is 19.9 Å². The van der Waals surface area contributed by atoms with Gasteiger partial charge in [-0.1, -0.05) is 12.1 Å². The Morgan fingerprint density at radius 1 is 1.29 bits per heavy atom. The minimum absolute atomic E-state index is 0.0631. The quantitative estimate of drug-likeness (QED) is 0.796. The molecule has 0 bridgehead atoms. The van der Waals surface area contributed by atoms with Crippen molar-refractivity contribution < 1.29 is 19.0 Å². The van der Waals surface area contributed by atoms with Crippen molar-refractivity contribution >= 4 is 5.97 Å². The predicted molar refractivity (Wildman–Crippen MR) is 104 cm³/mol. The number of carbonyl (C=O) groups is 1. The third-order valence-corrected chi connectivity index (χ3v) is 4.81. The van der Waals surface area contributed by atoms with Crippen LogP contribution in [0.25, 0.3) is 0 Å². The van der Waals surface area contributed by atoms with Crippen molar-refractivity contribution in [3.8, 4) is 11.5 Å². The average Bonchev–Trinajstić information content (AvgIpc) is 2.67. The normalized spacial score (nSPS) is 15.6. The monoisotopic (exact) mass is 384 g/mol. The van der Waals surface area contributed by atoms with Crippen LogP contribution in [-0.2, 0) is 16.1 Å². The van der Waals surface area contributed by atoms with Gasteiger partial charge in [0, 0.05) is 18.3 Å². The van der Waals surface area contributed by atoms with Crippen molar-refractivity contribution in [3.05, 3.63) is 69.0 Å². The largest absolute Gasteiger partial charge is 0.497 e. The molecule has 148 valence electrons. The Balaban J connectivity index is 2.32. The number of pyridine rings is 1. The Morgan fingerprint density at radius 2 is 2.04 bits per heavy atom. The van der Waals surface area contributed by atoms with E-state index in [0.29, 0.717) is 29.2 Å². The average molecular weight is 384 g/mol. The molecule has 0 spiro atoms. The molecule has 2 heterocycles. The SMILES string of the molecule is CCOC(=O)C1=C(N)Oc2cc(C)n(CC)c(=O)c2C1c1cccc(OC)c1. The summed E-state index contributed by atoms with van der Waals surface area (Å²) in [6, 6.07) is 8.96. The molecule has 1 aliphatic rings. The van der Waals surface area contributed by atoms with E-state index < -0.39 is 11.9 Å². The second kappa shape index (κ2) is 7.80. The molecule has 1 aromatic heterocycles. The fourth-order valence-electron chi connectivity index (χ4n) is 3.54. The first-order chi connectivity index (χ1) is 13.4. The zero-order valence-electron chi connectivity index (χ0n) is 16.4. The van der Waals surface area contributed by atoms with Crippen LogP contribution in [0.4, 0.5) is 0 Å². The lowest BCUT2D eigenvalue weighted by molar-refractivity contribution is -0.139. The molecule has 0 aliphatic carbocycles. The topological polar surface area (TPSA) is 92.8 Å². The van der Waals surface area contributed by atoms with Gasteiger partial charge in [-0.3, -0.25) is 4.79 Å². The highest BCUT2D eigenvalue weighted by Crippen LogP contribution is 2.42. The third-order valence-electron chi connectivity index (χ3n) is 4.81. The molecule has 1 aliphatic heterocycles. The van der Waals surface area contributed by atoms with Gasteiger partial charge in [0.25, 0.3) is 5.56 Å². The number of aryl methyl sites for hydroxylation is 1. The highest BCUT2D eigenvalue weighted by molar-refractivity contribution is 5.92.